The fourth-order valence-electron chi connectivity index (χ4n) is 0.118. The van der Waals surface area contributed by atoms with Crippen molar-refractivity contribution in [3.05, 3.63) is 0 Å². The first-order valence-electron chi connectivity index (χ1n) is 1.91. The van der Waals surface area contributed by atoms with Crippen molar-refractivity contribution < 1.29 is 9.32 Å². The van der Waals surface area contributed by atoms with Crippen molar-refractivity contribution in [1.29, 1.82) is 0 Å². The smallest absolute Gasteiger partial charge is 0.0895 e. The molecule has 0 heterocycles. The Kier molecular flexibility index (Phi) is 2.19. The molecule has 7 heavy (non-hydrogen) atoms. The van der Waals surface area contributed by atoms with Crippen LogP contribution in [-0.4, -0.2) is 20.3 Å². The van der Waals surface area contributed by atoms with Crippen LogP contribution in [-0.2, 0) is 11.3 Å². The Morgan fingerprint density at radius 2 is 2.14 bits per heavy atom. The van der Waals surface area contributed by atoms with Crippen LogP contribution in [0.1, 0.15) is 13.8 Å². The largest absolute Gasteiger partial charge is 0.385 e. The molecule has 0 rings (SSSR count). The predicted octanol–water partition coefficient (Wildman–Crippen LogP) is -0.227. The molecule has 1 N–H and O–H groups in total. The molecular weight excluding hydrogens is 112 g/mol. The summed E-state index contributed by atoms with van der Waals surface area (Å²) in [6.07, 6.45) is 0. The molecule has 0 unspecified atom stereocenters. The summed E-state index contributed by atoms with van der Waals surface area (Å²) in [5, 5.41) is 9.97. The van der Waals surface area contributed by atoms with Gasteiger partial charge in [0, 0.05) is 5.37 Å². The SMILES string of the molecule is CC(C)(O)C=S=O. The Labute approximate surface area is 46.2 Å². The minimum atomic E-state index is -0.924. The highest BCUT2D eigenvalue weighted by Gasteiger charge is 2.05. The van der Waals surface area contributed by atoms with Crippen LogP contribution in [0.4, 0.5) is 0 Å². The van der Waals surface area contributed by atoms with E-state index in [2.05, 4.69) is 0 Å². The lowest BCUT2D eigenvalue weighted by molar-refractivity contribution is 0.161. The molecule has 0 aliphatic heterocycles. The van der Waals surface area contributed by atoms with Crippen LogP contribution in [0.3, 0.4) is 0 Å². The maximum atomic E-state index is 9.65. The molecule has 0 amide bonds. The Bertz CT molecular complexity index is 96.7. The lowest BCUT2D eigenvalue weighted by atomic mass is 10.2. The van der Waals surface area contributed by atoms with E-state index in [1.165, 1.54) is 5.37 Å². The number of hydrogen-bond acceptors (Lipinski definition) is 2. The third kappa shape index (κ3) is 5.85. The zero-order valence-corrected chi connectivity index (χ0v) is 5.16. The van der Waals surface area contributed by atoms with Crippen LogP contribution in [0.5, 0.6) is 0 Å². The fourth-order valence-corrected chi connectivity index (χ4v) is 0.353. The summed E-state index contributed by atoms with van der Waals surface area (Å²) >= 11 is 0.284. The zero-order valence-electron chi connectivity index (χ0n) is 4.34. The Hall–Kier alpha value is -0.150. The monoisotopic (exact) mass is 120 g/mol. The lowest BCUT2D eigenvalue weighted by Gasteiger charge is -2.05. The van der Waals surface area contributed by atoms with Crippen LogP contribution >= 0.6 is 0 Å². The molecule has 0 aromatic carbocycles. The van der Waals surface area contributed by atoms with E-state index in [0.29, 0.717) is 0 Å². The van der Waals surface area contributed by atoms with Gasteiger partial charge in [-0.3, -0.25) is 0 Å². The van der Waals surface area contributed by atoms with Gasteiger partial charge < -0.3 is 5.11 Å². The molecular formula is C4H8O2S. The molecule has 0 radical (unpaired) electrons. The van der Waals surface area contributed by atoms with Gasteiger partial charge in [0.15, 0.2) is 0 Å². The van der Waals surface area contributed by atoms with Crippen LogP contribution in [0.2, 0.25) is 0 Å². The average molecular weight is 120 g/mol. The molecule has 42 valence electrons. The average Bonchev–Trinajstić information content (AvgIpc) is 1.30. The molecule has 0 saturated carbocycles. The van der Waals surface area contributed by atoms with Gasteiger partial charge in [-0.1, -0.05) is 0 Å². The minimum Gasteiger partial charge on any atom is -0.385 e. The number of hydrogen-bond donors (Lipinski definition) is 1. The van der Waals surface area contributed by atoms with Gasteiger partial charge in [-0.25, -0.2) is 4.21 Å². The quantitative estimate of drug-likeness (QED) is 0.485. The molecule has 0 aliphatic carbocycles. The van der Waals surface area contributed by atoms with Crippen molar-refractivity contribution in [3.8, 4) is 0 Å². The van der Waals surface area contributed by atoms with Crippen molar-refractivity contribution in [3.63, 3.8) is 0 Å². The third-order valence-electron chi connectivity index (χ3n) is 0.337. The van der Waals surface area contributed by atoms with E-state index in [-0.39, 0.29) is 11.3 Å². The van der Waals surface area contributed by atoms with Gasteiger partial charge in [0.1, 0.15) is 0 Å². The lowest BCUT2D eigenvalue weighted by Crippen LogP contribution is -2.19. The molecule has 0 aromatic heterocycles. The van der Waals surface area contributed by atoms with Gasteiger partial charge in [0.2, 0.25) is 0 Å². The first kappa shape index (κ1) is 6.85. The standard InChI is InChI=1S/C4H8O2S/c1-4(2,5)3-7-6/h3,5H,1-2H3. The van der Waals surface area contributed by atoms with E-state index in [9.17, 15) is 4.21 Å². The van der Waals surface area contributed by atoms with Crippen molar-refractivity contribution >= 4 is 16.6 Å². The van der Waals surface area contributed by atoms with E-state index < -0.39 is 5.60 Å². The Balaban J connectivity index is 3.80. The number of aliphatic hydroxyl groups is 1. The molecule has 0 aliphatic rings. The molecule has 3 heteroatoms. The highest BCUT2D eigenvalue weighted by Crippen LogP contribution is 1.91. The van der Waals surface area contributed by atoms with Crippen molar-refractivity contribution in [2.75, 3.05) is 0 Å². The highest BCUT2D eigenvalue weighted by atomic mass is 32.1. The first-order chi connectivity index (χ1) is 3.06. The molecule has 0 fully saturated rings. The molecule has 0 aromatic rings. The summed E-state index contributed by atoms with van der Waals surface area (Å²) < 4.78 is 9.65. The van der Waals surface area contributed by atoms with Gasteiger partial charge in [0.05, 0.1) is 16.9 Å². The summed E-state index contributed by atoms with van der Waals surface area (Å²) in [4.78, 5) is 0. The second kappa shape index (κ2) is 2.23. The van der Waals surface area contributed by atoms with Gasteiger partial charge in [-0.05, 0) is 13.8 Å². The molecule has 0 atom stereocenters. The van der Waals surface area contributed by atoms with E-state index in [0.717, 1.165) is 0 Å². The summed E-state index contributed by atoms with van der Waals surface area (Å²) in [6, 6.07) is 0. The van der Waals surface area contributed by atoms with Crippen LogP contribution in [0, 0.1) is 0 Å². The van der Waals surface area contributed by atoms with Gasteiger partial charge in [0.25, 0.3) is 0 Å². The van der Waals surface area contributed by atoms with Crippen LogP contribution < -0.4 is 0 Å². The van der Waals surface area contributed by atoms with E-state index in [1.807, 2.05) is 0 Å². The van der Waals surface area contributed by atoms with Gasteiger partial charge >= 0.3 is 0 Å². The third-order valence-corrected chi connectivity index (χ3v) is 1.01. The Morgan fingerprint density at radius 3 is 2.14 bits per heavy atom. The molecule has 0 bridgehead atoms. The Morgan fingerprint density at radius 1 is 1.71 bits per heavy atom. The summed E-state index contributed by atoms with van der Waals surface area (Å²) in [5.41, 5.74) is -0.924. The van der Waals surface area contributed by atoms with E-state index in [4.69, 9.17) is 5.11 Å². The second-order valence-corrected chi connectivity index (χ2v) is 2.30. The second-order valence-electron chi connectivity index (χ2n) is 1.87. The van der Waals surface area contributed by atoms with E-state index in [1.54, 1.807) is 13.8 Å². The predicted molar refractivity (Wildman–Crippen MR) is 30.5 cm³/mol. The molecule has 2 nitrogen and oxygen atoms in total. The van der Waals surface area contributed by atoms with Crippen molar-refractivity contribution in [2.45, 2.75) is 19.4 Å². The van der Waals surface area contributed by atoms with E-state index >= 15 is 0 Å². The molecule has 0 saturated heterocycles. The van der Waals surface area contributed by atoms with Crippen LogP contribution in [0.15, 0.2) is 0 Å². The highest BCUT2D eigenvalue weighted by molar-refractivity contribution is 7.65. The maximum Gasteiger partial charge on any atom is 0.0895 e. The van der Waals surface area contributed by atoms with Crippen molar-refractivity contribution in [1.82, 2.24) is 0 Å². The number of rotatable bonds is 1. The fraction of sp³-hybridized carbons (Fsp3) is 0.750. The summed E-state index contributed by atoms with van der Waals surface area (Å²) in [5.74, 6) is 0. The van der Waals surface area contributed by atoms with Gasteiger partial charge in [-0.15, -0.1) is 0 Å². The summed E-state index contributed by atoms with van der Waals surface area (Å²) in [6.45, 7) is 3.11. The topological polar surface area (TPSA) is 37.3 Å². The normalized spacial score (nSPS) is 10.7. The zero-order chi connectivity index (χ0) is 5.91. The minimum absolute atomic E-state index is 0.284. The van der Waals surface area contributed by atoms with Gasteiger partial charge in [-0.2, -0.15) is 0 Å². The van der Waals surface area contributed by atoms with Crippen LogP contribution in [0.25, 0.3) is 0 Å². The summed E-state index contributed by atoms with van der Waals surface area (Å²) in [7, 11) is 0. The maximum absolute atomic E-state index is 9.65. The van der Waals surface area contributed by atoms with Crippen molar-refractivity contribution in [2.24, 2.45) is 0 Å². The first-order valence-corrected chi connectivity index (χ1v) is 2.72. The molecule has 0 spiro atoms.